The maximum absolute atomic E-state index is 11.8. The number of thiazole rings is 1. The number of carbonyl (C=O) groups is 1. The normalized spacial score (nSPS) is 15.9. The fraction of sp³-hybridized carbons (Fsp3) is 0.667. The van der Waals surface area contributed by atoms with Crippen molar-refractivity contribution < 1.29 is 4.79 Å². The molecule has 0 saturated heterocycles. The van der Waals surface area contributed by atoms with E-state index >= 15 is 0 Å². The largest absolute Gasteiger partial charge is 0.344 e. The Kier molecular flexibility index (Phi) is 3.79. The number of amides is 1. The van der Waals surface area contributed by atoms with Crippen molar-refractivity contribution in [1.82, 2.24) is 15.6 Å². The first-order chi connectivity index (χ1) is 8.08. The minimum Gasteiger partial charge on any atom is -0.344 e. The number of aromatic nitrogens is 1. The molecule has 0 spiro atoms. The third kappa shape index (κ3) is 3.78. The quantitative estimate of drug-likeness (QED) is 0.807. The van der Waals surface area contributed by atoms with E-state index in [0.717, 1.165) is 17.5 Å². The summed E-state index contributed by atoms with van der Waals surface area (Å²) in [5.41, 5.74) is -0.382. The van der Waals surface area contributed by atoms with E-state index in [1.54, 1.807) is 17.5 Å². The Morgan fingerprint density at radius 1 is 1.59 bits per heavy atom. The smallest absolute Gasteiger partial charge is 0.234 e. The van der Waals surface area contributed by atoms with Gasteiger partial charge in [-0.2, -0.15) is 0 Å². The lowest BCUT2D eigenvalue weighted by Gasteiger charge is -2.23. The summed E-state index contributed by atoms with van der Waals surface area (Å²) in [5, 5.41) is 9.05. The molecule has 1 heterocycles. The van der Waals surface area contributed by atoms with Crippen molar-refractivity contribution in [3.05, 3.63) is 16.6 Å². The molecule has 94 valence electrons. The summed E-state index contributed by atoms with van der Waals surface area (Å²) >= 11 is 1.56. The van der Waals surface area contributed by atoms with Crippen LogP contribution in [0.3, 0.4) is 0 Å². The van der Waals surface area contributed by atoms with Gasteiger partial charge in [0.15, 0.2) is 0 Å². The third-order valence-corrected chi connectivity index (χ3v) is 3.93. The molecule has 0 atom stereocenters. The van der Waals surface area contributed by atoms with E-state index in [2.05, 4.69) is 15.6 Å². The summed E-state index contributed by atoms with van der Waals surface area (Å²) in [4.78, 5) is 16.0. The van der Waals surface area contributed by atoms with E-state index < -0.39 is 0 Å². The van der Waals surface area contributed by atoms with E-state index in [1.165, 1.54) is 12.8 Å². The van der Waals surface area contributed by atoms with Crippen molar-refractivity contribution in [2.24, 2.45) is 5.92 Å². The van der Waals surface area contributed by atoms with Gasteiger partial charge in [-0.1, -0.05) is 0 Å². The van der Waals surface area contributed by atoms with Crippen molar-refractivity contribution in [3.8, 4) is 0 Å². The first-order valence-electron chi connectivity index (χ1n) is 5.99. The maximum Gasteiger partial charge on any atom is 0.234 e. The Bertz CT molecular complexity index is 371. The standard InChI is InChI=1S/C12H19N3OS/c1-12(2,11-14-5-6-17-11)15-10(16)8-13-7-9-3-4-9/h5-6,9,13H,3-4,7-8H2,1-2H3,(H,15,16). The van der Waals surface area contributed by atoms with Crippen LogP contribution >= 0.6 is 11.3 Å². The van der Waals surface area contributed by atoms with Gasteiger partial charge in [-0.15, -0.1) is 11.3 Å². The molecule has 1 aromatic rings. The molecule has 1 amide bonds. The fourth-order valence-corrected chi connectivity index (χ4v) is 2.41. The monoisotopic (exact) mass is 253 g/mol. The summed E-state index contributed by atoms with van der Waals surface area (Å²) in [6, 6.07) is 0. The number of nitrogens with one attached hydrogen (secondary N) is 2. The Labute approximate surface area is 106 Å². The van der Waals surface area contributed by atoms with Gasteiger partial charge in [-0.3, -0.25) is 4.79 Å². The van der Waals surface area contributed by atoms with Gasteiger partial charge < -0.3 is 10.6 Å². The topological polar surface area (TPSA) is 54.0 Å². The van der Waals surface area contributed by atoms with Crippen molar-refractivity contribution >= 4 is 17.2 Å². The number of hydrogen-bond acceptors (Lipinski definition) is 4. The van der Waals surface area contributed by atoms with Gasteiger partial charge in [0, 0.05) is 11.6 Å². The van der Waals surface area contributed by atoms with Crippen LogP contribution in [0.2, 0.25) is 0 Å². The van der Waals surface area contributed by atoms with Crippen LogP contribution in [-0.4, -0.2) is 24.0 Å². The van der Waals surface area contributed by atoms with Crippen molar-refractivity contribution in [2.45, 2.75) is 32.2 Å². The molecule has 2 N–H and O–H groups in total. The number of carbonyl (C=O) groups excluding carboxylic acids is 1. The molecule has 4 nitrogen and oxygen atoms in total. The molecule has 1 saturated carbocycles. The molecule has 0 bridgehead atoms. The van der Waals surface area contributed by atoms with Crippen molar-refractivity contribution in [2.75, 3.05) is 13.1 Å². The summed E-state index contributed by atoms with van der Waals surface area (Å²) in [5.74, 6) is 0.834. The van der Waals surface area contributed by atoms with Crippen LogP contribution in [0.5, 0.6) is 0 Å². The molecule has 0 unspecified atom stereocenters. The maximum atomic E-state index is 11.8. The number of nitrogens with zero attached hydrogens (tertiary/aromatic N) is 1. The second-order valence-corrected chi connectivity index (χ2v) is 5.98. The molecule has 2 rings (SSSR count). The van der Waals surface area contributed by atoms with Crippen LogP contribution in [0.25, 0.3) is 0 Å². The Morgan fingerprint density at radius 3 is 2.94 bits per heavy atom. The van der Waals surface area contributed by atoms with Crippen molar-refractivity contribution in [1.29, 1.82) is 0 Å². The van der Waals surface area contributed by atoms with Gasteiger partial charge in [-0.05, 0) is 39.2 Å². The van der Waals surface area contributed by atoms with Crippen LogP contribution in [0, 0.1) is 5.92 Å². The summed E-state index contributed by atoms with van der Waals surface area (Å²) in [6.07, 6.45) is 4.37. The van der Waals surface area contributed by atoms with Crippen molar-refractivity contribution in [3.63, 3.8) is 0 Å². The zero-order valence-electron chi connectivity index (χ0n) is 10.3. The lowest BCUT2D eigenvalue weighted by Crippen LogP contribution is -2.45. The predicted octanol–water partition coefficient (Wildman–Crippen LogP) is 1.49. The minimum absolute atomic E-state index is 0.0332. The highest BCUT2D eigenvalue weighted by atomic mass is 32.1. The van der Waals surface area contributed by atoms with Gasteiger partial charge >= 0.3 is 0 Å². The molecule has 0 radical (unpaired) electrons. The highest BCUT2D eigenvalue weighted by Gasteiger charge is 2.25. The highest BCUT2D eigenvalue weighted by molar-refractivity contribution is 7.09. The van der Waals surface area contributed by atoms with E-state index in [9.17, 15) is 4.79 Å². The average Bonchev–Trinajstić information content (AvgIpc) is 2.90. The molecule has 0 aliphatic heterocycles. The van der Waals surface area contributed by atoms with Crippen LogP contribution < -0.4 is 10.6 Å². The lowest BCUT2D eigenvalue weighted by atomic mass is 10.1. The number of rotatable bonds is 6. The molecule has 1 aliphatic carbocycles. The molecule has 5 heteroatoms. The Balaban J connectivity index is 1.76. The van der Waals surface area contributed by atoms with Crippen LogP contribution in [0.1, 0.15) is 31.7 Å². The highest BCUT2D eigenvalue weighted by Crippen LogP contribution is 2.27. The van der Waals surface area contributed by atoms with Gasteiger partial charge in [0.2, 0.25) is 5.91 Å². The molecular weight excluding hydrogens is 234 g/mol. The summed E-state index contributed by atoms with van der Waals surface area (Å²) in [6.45, 7) is 5.31. The third-order valence-electron chi connectivity index (χ3n) is 2.83. The Hall–Kier alpha value is -0.940. The van der Waals surface area contributed by atoms with Gasteiger partial charge in [0.1, 0.15) is 5.01 Å². The van der Waals surface area contributed by atoms with E-state index in [0.29, 0.717) is 6.54 Å². The van der Waals surface area contributed by atoms with E-state index in [1.807, 2.05) is 19.2 Å². The molecule has 1 fully saturated rings. The molecule has 1 aliphatic rings. The van der Waals surface area contributed by atoms with Crippen LogP contribution in [0.4, 0.5) is 0 Å². The van der Waals surface area contributed by atoms with Gasteiger partial charge in [0.25, 0.3) is 0 Å². The predicted molar refractivity (Wildman–Crippen MR) is 68.9 cm³/mol. The second-order valence-electron chi connectivity index (χ2n) is 5.08. The van der Waals surface area contributed by atoms with E-state index in [-0.39, 0.29) is 11.4 Å². The second kappa shape index (κ2) is 5.14. The first-order valence-corrected chi connectivity index (χ1v) is 6.87. The minimum atomic E-state index is -0.382. The summed E-state index contributed by atoms with van der Waals surface area (Å²) < 4.78 is 0. The van der Waals surface area contributed by atoms with Crippen LogP contribution in [-0.2, 0) is 10.3 Å². The number of hydrogen-bond donors (Lipinski definition) is 2. The first kappa shape index (κ1) is 12.5. The zero-order valence-corrected chi connectivity index (χ0v) is 11.1. The van der Waals surface area contributed by atoms with Gasteiger partial charge in [0.05, 0.1) is 12.1 Å². The fourth-order valence-electron chi connectivity index (χ4n) is 1.69. The molecular formula is C12H19N3OS. The molecule has 0 aromatic carbocycles. The SMILES string of the molecule is CC(C)(NC(=O)CNCC1CC1)c1nccs1. The summed E-state index contributed by atoms with van der Waals surface area (Å²) in [7, 11) is 0. The van der Waals surface area contributed by atoms with Crippen LogP contribution in [0.15, 0.2) is 11.6 Å². The zero-order chi connectivity index (χ0) is 12.3. The molecule has 17 heavy (non-hydrogen) atoms. The van der Waals surface area contributed by atoms with Gasteiger partial charge in [-0.25, -0.2) is 4.98 Å². The Morgan fingerprint density at radius 2 is 2.35 bits per heavy atom. The average molecular weight is 253 g/mol. The lowest BCUT2D eigenvalue weighted by molar-refractivity contribution is -0.121. The van der Waals surface area contributed by atoms with E-state index in [4.69, 9.17) is 0 Å². The molecule has 1 aromatic heterocycles.